The first kappa shape index (κ1) is 17.9. The van der Waals surface area contributed by atoms with Gasteiger partial charge in [0.1, 0.15) is 10.2 Å². The van der Waals surface area contributed by atoms with Crippen LogP contribution in [-0.2, 0) is 5.75 Å². The summed E-state index contributed by atoms with van der Waals surface area (Å²) in [5.74, 6) is 1.04. The Morgan fingerprint density at radius 1 is 1.36 bits per heavy atom. The van der Waals surface area contributed by atoms with Gasteiger partial charge in [0.15, 0.2) is 0 Å². The van der Waals surface area contributed by atoms with Crippen molar-refractivity contribution in [2.45, 2.75) is 42.1 Å². The van der Waals surface area contributed by atoms with E-state index in [1.165, 1.54) is 24.8 Å². The molecule has 3 nitrogen and oxygen atoms in total. The molecule has 1 aliphatic heterocycles. The van der Waals surface area contributed by atoms with Crippen LogP contribution in [0.2, 0.25) is 0 Å². The molecule has 0 saturated carbocycles. The third-order valence-corrected chi connectivity index (χ3v) is 6.16. The number of hydrazine groups is 1. The van der Waals surface area contributed by atoms with E-state index in [1.54, 1.807) is 0 Å². The maximum absolute atomic E-state index is 3.86. The number of unbranched alkanes of at least 4 members (excludes halogenated alkanes) is 2. The lowest BCUT2D eigenvalue weighted by molar-refractivity contribution is 0.199. The molecule has 1 aliphatic rings. The van der Waals surface area contributed by atoms with Crippen LogP contribution in [0.25, 0.3) is 0 Å². The van der Waals surface area contributed by atoms with Crippen LogP contribution in [0.1, 0.15) is 31.7 Å². The number of hydrogen-bond acceptors (Lipinski definition) is 5. The van der Waals surface area contributed by atoms with Crippen LogP contribution in [0.4, 0.5) is 0 Å². The molecule has 2 atom stereocenters. The minimum absolute atomic E-state index is 0.336. The van der Waals surface area contributed by atoms with Crippen LogP contribution in [0, 0.1) is 0 Å². The van der Waals surface area contributed by atoms with Gasteiger partial charge in [0.05, 0.1) is 0 Å². The molecule has 2 N–H and O–H groups in total. The fraction of sp³-hybridized carbons (Fsp3) is 0.529. The van der Waals surface area contributed by atoms with Crippen molar-refractivity contribution in [3.05, 3.63) is 48.6 Å². The topological polar surface area (TPSA) is 27.3 Å². The monoisotopic (exact) mass is 337 g/mol. The molecule has 0 aliphatic carbocycles. The first-order valence-corrected chi connectivity index (χ1v) is 10.0. The van der Waals surface area contributed by atoms with Crippen molar-refractivity contribution in [3.8, 4) is 0 Å². The summed E-state index contributed by atoms with van der Waals surface area (Å²) < 4.78 is 0.392. The van der Waals surface area contributed by atoms with E-state index in [2.05, 4.69) is 59.6 Å². The Balaban J connectivity index is 1.77. The van der Waals surface area contributed by atoms with Crippen molar-refractivity contribution in [2.75, 3.05) is 13.1 Å². The van der Waals surface area contributed by atoms with Gasteiger partial charge in [-0.2, -0.15) is 0 Å². The Bertz CT molecular complexity index is 427. The predicted octanol–water partition coefficient (Wildman–Crippen LogP) is 4.01. The van der Waals surface area contributed by atoms with Crippen LogP contribution in [0.15, 0.2) is 43.0 Å². The Kier molecular flexibility index (Phi) is 8.41. The lowest BCUT2D eigenvalue weighted by Gasteiger charge is -2.22. The molecule has 122 valence electrons. The van der Waals surface area contributed by atoms with Crippen molar-refractivity contribution >= 4 is 23.5 Å². The Morgan fingerprint density at radius 3 is 2.91 bits per heavy atom. The average molecular weight is 338 g/mol. The normalized spacial score (nSPS) is 22.0. The van der Waals surface area contributed by atoms with E-state index in [0.717, 1.165) is 18.8 Å². The van der Waals surface area contributed by atoms with Crippen LogP contribution in [-0.4, -0.2) is 28.3 Å². The molecule has 0 radical (unpaired) electrons. The van der Waals surface area contributed by atoms with E-state index in [1.807, 2.05) is 29.6 Å². The van der Waals surface area contributed by atoms with Gasteiger partial charge in [-0.25, -0.2) is 10.4 Å². The number of thioether (sulfide) groups is 2. The van der Waals surface area contributed by atoms with Crippen LogP contribution < -0.4 is 10.7 Å². The molecule has 1 saturated heterocycles. The van der Waals surface area contributed by atoms with E-state index in [9.17, 15) is 0 Å². The SMILES string of the molecule is C=CCN1NC(SCc2ccccc2)SC1NCCCCC. The van der Waals surface area contributed by atoms with E-state index in [4.69, 9.17) is 0 Å². The van der Waals surface area contributed by atoms with Crippen molar-refractivity contribution in [3.63, 3.8) is 0 Å². The second-order valence-electron chi connectivity index (χ2n) is 5.35. The molecule has 2 unspecified atom stereocenters. The summed E-state index contributed by atoms with van der Waals surface area (Å²) in [5.41, 5.74) is 5.29. The molecular weight excluding hydrogens is 310 g/mol. The fourth-order valence-corrected chi connectivity index (χ4v) is 4.81. The molecule has 2 rings (SSSR count). The number of rotatable bonds is 10. The van der Waals surface area contributed by atoms with Crippen LogP contribution in [0.5, 0.6) is 0 Å². The zero-order valence-corrected chi connectivity index (χ0v) is 15.0. The lowest BCUT2D eigenvalue weighted by Crippen LogP contribution is -2.45. The molecule has 1 fully saturated rings. The summed E-state index contributed by atoms with van der Waals surface area (Å²) in [4.78, 5) is 0. The number of nitrogens with one attached hydrogen (secondary N) is 2. The molecule has 0 bridgehead atoms. The maximum Gasteiger partial charge on any atom is 0.123 e. The predicted molar refractivity (Wildman–Crippen MR) is 100 cm³/mol. The molecular formula is C17H27N3S2. The van der Waals surface area contributed by atoms with Gasteiger partial charge in [-0.05, 0) is 18.5 Å². The Labute approximate surface area is 143 Å². The minimum atomic E-state index is 0.336. The Morgan fingerprint density at radius 2 is 2.18 bits per heavy atom. The summed E-state index contributed by atoms with van der Waals surface area (Å²) in [7, 11) is 0. The van der Waals surface area contributed by atoms with E-state index >= 15 is 0 Å². The summed E-state index contributed by atoms with van der Waals surface area (Å²) in [6.07, 6.45) is 5.77. The summed E-state index contributed by atoms with van der Waals surface area (Å²) in [6.45, 7) is 8.05. The van der Waals surface area contributed by atoms with Gasteiger partial charge in [0.25, 0.3) is 0 Å². The molecule has 1 aromatic carbocycles. The first-order valence-electron chi connectivity index (χ1n) is 8.01. The third kappa shape index (κ3) is 5.97. The number of benzene rings is 1. The smallest absolute Gasteiger partial charge is 0.123 e. The van der Waals surface area contributed by atoms with Gasteiger partial charge >= 0.3 is 0 Å². The highest BCUT2D eigenvalue weighted by atomic mass is 32.2. The van der Waals surface area contributed by atoms with Gasteiger partial charge in [-0.1, -0.05) is 67.9 Å². The molecule has 0 amide bonds. The van der Waals surface area contributed by atoms with E-state index in [-0.39, 0.29) is 0 Å². The van der Waals surface area contributed by atoms with Gasteiger partial charge in [0, 0.05) is 12.3 Å². The zero-order chi connectivity index (χ0) is 15.6. The van der Waals surface area contributed by atoms with Gasteiger partial charge in [-0.15, -0.1) is 18.3 Å². The zero-order valence-electron chi connectivity index (χ0n) is 13.3. The highest BCUT2D eigenvalue weighted by Gasteiger charge is 2.31. The summed E-state index contributed by atoms with van der Waals surface area (Å²) in [5, 5.41) is 5.90. The van der Waals surface area contributed by atoms with Crippen molar-refractivity contribution in [1.82, 2.24) is 15.8 Å². The van der Waals surface area contributed by atoms with Gasteiger partial charge in [0.2, 0.25) is 0 Å². The van der Waals surface area contributed by atoms with Crippen LogP contribution in [0.3, 0.4) is 0 Å². The highest BCUT2D eigenvalue weighted by molar-refractivity contribution is 8.17. The second kappa shape index (κ2) is 10.3. The molecule has 1 aromatic rings. The van der Waals surface area contributed by atoms with Crippen molar-refractivity contribution < 1.29 is 0 Å². The standard InChI is InChI=1S/C17H27N3S2/c1-3-5-9-12-18-16-20(13-4-2)19-17(22-16)21-14-15-10-7-6-8-11-15/h4,6-8,10-11,16-19H,2-3,5,9,12-14H2,1H3. The molecule has 0 aromatic heterocycles. The fourth-order valence-electron chi connectivity index (χ4n) is 2.29. The molecule has 22 heavy (non-hydrogen) atoms. The number of nitrogens with zero attached hydrogens (tertiary/aromatic N) is 1. The van der Waals surface area contributed by atoms with Crippen molar-refractivity contribution in [1.29, 1.82) is 0 Å². The molecule has 0 spiro atoms. The van der Waals surface area contributed by atoms with Gasteiger partial charge in [-0.3, -0.25) is 5.32 Å². The molecule has 1 heterocycles. The maximum atomic E-state index is 3.86. The van der Waals surface area contributed by atoms with E-state index < -0.39 is 0 Å². The van der Waals surface area contributed by atoms with Crippen molar-refractivity contribution in [2.24, 2.45) is 0 Å². The first-order chi connectivity index (χ1) is 10.8. The third-order valence-electron chi connectivity index (χ3n) is 3.48. The lowest BCUT2D eigenvalue weighted by atomic mass is 10.2. The van der Waals surface area contributed by atoms with Gasteiger partial charge < -0.3 is 0 Å². The Hall–Kier alpha value is -0.460. The molecule has 5 heteroatoms. The summed E-state index contributed by atoms with van der Waals surface area (Å²) >= 11 is 3.90. The quantitative estimate of drug-likeness (QED) is 0.497. The summed E-state index contributed by atoms with van der Waals surface area (Å²) in [6, 6.07) is 10.7. The van der Waals surface area contributed by atoms with E-state index in [0.29, 0.717) is 10.2 Å². The highest BCUT2D eigenvalue weighted by Crippen LogP contribution is 2.33. The average Bonchev–Trinajstić information content (AvgIpc) is 2.93. The largest absolute Gasteiger partial charge is 0.292 e. The number of hydrogen-bond donors (Lipinski definition) is 2. The van der Waals surface area contributed by atoms with Crippen LogP contribution >= 0.6 is 23.5 Å². The second-order valence-corrected chi connectivity index (χ2v) is 7.93. The minimum Gasteiger partial charge on any atom is -0.292 e.